The molecule has 0 atom stereocenters. The molecule has 0 saturated carbocycles. The first kappa shape index (κ1) is 14.7. The Hall–Kier alpha value is -1.67. The summed E-state index contributed by atoms with van der Waals surface area (Å²) in [5.74, 6) is 0.268. The Morgan fingerprint density at radius 2 is 2.10 bits per heavy atom. The van der Waals surface area contributed by atoms with E-state index in [2.05, 4.69) is 10.1 Å². The van der Waals surface area contributed by atoms with Gasteiger partial charge in [0.1, 0.15) is 0 Å². The zero-order chi connectivity index (χ0) is 15.0. The van der Waals surface area contributed by atoms with Gasteiger partial charge in [-0.15, -0.1) is 5.10 Å². The molecule has 0 aliphatic heterocycles. The lowest BCUT2D eigenvalue weighted by atomic mass is 9.98. The number of aromatic nitrogens is 3. The number of nitrogens with zero attached hydrogens (tertiary/aromatic N) is 3. The lowest BCUT2D eigenvalue weighted by molar-refractivity contribution is 0.191. The Labute approximate surface area is 117 Å². The van der Waals surface area contributed by atoms with Crippen molar-refractivity contribution in [1.82, 2.24) is 14.6 Å². The fourth-order valence-corrected chi connectivity index (χ4v) is 3.09. The monoisotopic (exact) mass is 298 g/mol. The second-order valence-corrected chi connectivity index (χ2v) is 7.23. The van der Waals surface area contributed by atoms with Crippen molar-refractivity contribution >= 4 is 15.7 Å². The van der Waals surface area contributed by atoms with E-state index in [0.29, 0.717) is 5.88 Å². The van der Waals surface area contributed by atoms with Crippen molar-refractivity contribution in [3.05, 3.63) is 24.0 Å². The SMILES string of the molecule is Cc1cn2nc(OCC(C)(C)CS(N)(=O)=O)ccc2n1. The van der Waals surface area contributed by atoms with Crippen LogP contribution in [-0.4, -0.2) is 35.4 Å². The van der Waals surface area contributed by atoms with E-state index in [-0.39, 0.29) is 12.4 Å². The number of nitrogens with two attached hydrogens (primary N) is 1. The van der Waals surface area contributed by atoms with Crippen molar-refractivity contribution < 1.29 is 13.2 Å². The molecule has 2 aromatic heterocycles. The van der Waals surface area contributed by atoms with Gasteiger partial charge in [0.2, 0.25) is 15.9 Å². The second-order valence-electron chi connectivity index (χ2n) is 5.62. The molecule has 0 unspecified atom stereocenters. The van der Waals surface area contributed by atoms with Gasteiger partial charge in [-0.05, 0) is 13.0 Å². The summed E-state index contributed by atoms with van der Waals surface area (Å²) >= 11 is 0. The maximum absolute atomic E-state index is 11.1. The summed E-state index contributed by atoms with van der Waals surface area (Å²) in [6.45, 7) is 5.63. The molecule has 0 amide bonds. The minimum absolute atomic E-state index is 0.146. The van der Waals surface area contributed by atoms with Gasteiger partial charge in [0, 0.05) is 11.5 Å². The predicted octanol–water partition coefficient (Wildman–Crippen LogP) is 0.731. The van der Waals surface area contributed by atoms with Crippen LogP contribution in [0.4, 0.5) is 0 Å². The normalized spacial score (nSPS) is 12.8. The maximum Gasteiger partial charge on any atom is 0.231 e. The maximum atomic E-state index is 11.1. The van der Waals surface area contributed by atoms with Crippen LogP contribution in [0.15, 0.2) is 18.3 Å². The molecule has 8 heteroatoms. The van der Waals surface area contributed by atoms with Gasteiger partial charge in [-0.1, -0.05) is 13.8 Å². The molecule has 0 aliphatic carbocycles. The smallest absolute Gasteiger partial charge is 0.231 e. The van der Waals surface area contributed by atoms with Crippen molar-refractivity contribution in [2.24, 2.45) is 10.6 Å². The standard InChI is InChI=1S/C12H18N4O3S/c1-9-6-16-10(14-9)4-5-11(15-16)19-7-12(2,3)8-20(13,17)18/h4-6H,7-8H2,1-3H3,(H2,13,17,18). The van der Waals surface area contributed by atoms with E-state index in [9.17, 15) is 8.42 Å². The number of primary sulfonamides is 1. The van der Waals surface area contributed by atoms with Crippen molar-refractivity contribution in [2.75, 3.05) is 12.4 Å². The van der Waals surface area contributed by atoms with Crippen LogP contribution in [0, 0.1) is 12.3 Å². The molecule has 0 saturated heterocycles. The molecule has 2 rings (SSSR count). The van der Waals surface area contributed by atoms with Crippen LogP contribution >= 0.6 is 0 Å². The van der Waals surface area contributed by atoms with Gasteiger partial charge in [0.05, 0.1) is 24.3 Å². The first-order valence-corrected chi connectivity index (χ1v) is 7.83. The summed E-state index contributed by atoms with van der Waals surface area (Å²) in [5, 5.41) is 9.30. The Bertz CT molecular complexity index is 721. The van der Waals surface area contributed by atoms with Gasteiger partial charge >= 0.3 is 0 Å². The lowest BCUT2D eigenvalue weighted by Crippen LogP contribution is -2.33. The minimum atomic E-state index is -3.53. The molecule has 0 spiro atoms. The molecule has 2 aromatic rings. The number of imidazole rings is 1. The summed E-state index contributed by atoms with van der Waals surface area (Å²) in [4.78, 5) is 4.26. The Morgan fingerprint density at radius 3 is 2.75 bits per heavy atom. The predicted molar refractivity (Wildman–Crippen MR) is 75.0 cm³/mol. The molecule has 0 aromatic carbocycles. The van der Waals surface area contributed by atoms with Crippen molar-refractivity contribution in [2.45, 2.75) is 20.8 Å². The van der Waals surface area contributed by atoms with Crippen LogP contribution in [0.25, 0.3) is 5.65 Å². The Balaban J connectivity index is 2.08. The topological polar surface area (TPSA) is 99.6 Å². The van der Waals surface area contributed by atoms with Gasteiger partial charge in [-0.2, -0.15) is 0 Å². The minimum Gasteiger partial charge on any atom is -0.476 e. The van der Waals surface area contributed by atoms with E-state index in [1.165, 1.54) is 0 Å². The van der Waals surface area contributed by atoms with Crippen LogP contribution in [0.5, 0.6) is 5.88 Å². The molecule has 0 fully saturated rings. The average Bonchev–Trinajstić information content (AvgIpc) is 2.62. The fourth-order valence-electron chi connectivity index (χ4n) is 1.92. The third-order valence-electron chi connectivity index (χ3n) is 2.62. The van der Waals surface area contributed by atoms with Gasteiger partial charge in [0.15, 0.2) is 5.65 Å². The van der Waals surface area contributed by atoms with Crippen molar-refractivity contribution in [3.8, 4) is 5.88 Å². The highest BCUT2D eigenvalue weighted by Gasteiger charge is 2.25. The zero-order valence-corrected chi connectivity index (χ0v) is 12.5. The van der Waals surface area contributed by atoms with Gasteiger partial charge < -0.3 is 4.74 Å². The quantitative estimate of drug-likeness (QED) is 0.877. The van der Waals surface area contributed by atoms with Crippen LogP contribution in [-0.2, 0) is 10.0 Å². The van der Waals surface area contributed by atoms with Gasteiger partial charge in [-0.3, -0.25) is 0 Å². The highest BCUT2D eigenvalue weighted by molar-refractivity contribution is 7.89. The molecule has 2 heterocycles. The Kier molecular flexibility index (Phi) is 3.70. The third kappa shape index (κ3) is 3.91. The first-order chi connectivity index (χ1) is 9.15. The van der Waals surface area contributed by atoms with E-state index in [1.807, 2.05) is 6.92 Å². The third-order valence-corrected chi connectivity index (χ3v) is 3.80. The lowest BCUT2D eigenvalue weighted by Gasteiger charge is -2.22. The van der Waals surface area contributed by atoms with Gasteiger partial charge in [-0.25, -0.2) is 23.1 Å². The highest BCUT2D eigenvalue weighted by Crippen LogP contribution is 2.19. The van der Waals surface area contributed by atoms with Crippen LogP contribution < -0.4 is 9.88 Å². The number of aryl methyl sites for hydroxylation is 1. The highest BCUT2D eigenvalue weighted by atomic mass is 32.2. The molecular formula is C12H18N4O3S. The number of hydrogen-bond donors (Lipinski definition) is 1. The molecule has 110 valence electrons. The summed E-state index contributed by atoms with van der Waals surface area (Å²) < 4.78 is 29.4. The molecule has 7 nitrogen and oxygen atoms in total. The number of hydrogen-bond acceptors (Lipinski definition) is 5. The number of ether oxygens (including phenoxy) is 1. The van der Waals surface area contributed by atoms with E-state index < -0.39 is 15.4 Å². The average molecular weight is 298 g/mol. The summed E-state index contributed by atoms with van der Waals surface area (Å²) in [6.07, 6.45) is 1.79. The van der Waals surface area contributed by atoms with Crippen LogP contribution in [0.2, 0.25) is 0 Å². The van der Waals surface area contributed by atoms with Crippen LogP contribution in [0.1, 0.15) is 19.5 Å². The second kappa shape index (κ2) is 5.02. The van der Waals surface area contributed by atoms with Crippen molar-refractivity contribution in [1.29, 1.82) is 0 Å². The summed E-state index contributed by atoms with van der Waals surface area (Å²) in [7, 11) is -3.53. The largest absolute Gasteiger partial charge is 0.476 e. The number of sulfonamides is 1. The van der Waals surface area contributed by atoms with Crippen LogP contribution in [0.3, 0.4) is 0 Å². The molecule has 0 aliphatic rings. The molecule has 0 radical (unpaired) electrons. The van der Waals surface area contributed by atoms with E-state index in [0.717, 1.165) is 11.3 Å². The Morgan fingerprint density at radius 1 is 1.40 bits per heavy atom. The zero-order valence-electron chi connectivity index (χ0n) is 11.7. The fraction of sp³-hybridized carbons (Fsp3) is 0.500. The first-order valence-electron chi connectivity index (χ1n) is 6.11. The molecule has 20 heavy (non-hydrogen) atoms. The van der Waals surface area contributed by atoms with E-state index in [1.54, 1.807) is 36.7 Å². The number of fused-ring (bicyclic) bond motifs is 1. The van der Waals surface area contributed by atoms with Crippen molar-refractivity contribution in [3.63, 3.8) is 0 Å². The summed E-state index contributed by atoms with van der Waals surface area (Å²) in [5.41, 5.74) is 1.01. The number of rotatable bonds is 5. The summed E-state index contributed by atoms with van der Waals surface area (Å²) in [6, 6.07) is 3.50. The molecular weight excluding hydrogens is 280 g/mol. The molecule has 2 N–H and O–H groups in total. The van der Waals surface area contributed by atoms with E-state index >= 15 is 0 Å². The molecule has 0 bridgehead atoms. The van der Waals surface area contributed by atoms with E-state index in [4.69, 9.17) is 9.88 Å². The van der Waals surface area contributed by atoms with Gasteiger partial charge in [0.25, 0.3) is 0 Å².